The average molecular weight is 220 g/mol. The monoisotopic (exact) mass is 219 g/mol. The van der Waals surface area contributed by atoms with E-state index in [4.69, 9.17) is 16.1 Å². The summed E-state index contributed by atoms with van der Waals surface area (Å²) in [6.45, 7) is 0. The molecule has 1 heterocycles. The Hall–Kier alpha value is -1.28. The molecule has 0 N–H and O–H groups in total. The highest BCUT2D eigenvalue weighted by Gasteiger charge is 2.23. The molecule has 0 aliphatic heterocycles. The predicted molar refractivity (Wildman–Crippen MR) is 58.9 cm³/mol. The van der Waals surface area contributed by atoms with Crippen LogP contribution in [0.2, 0.25) is 5.22 Å². The highest BCUT2D eigenvalue weighted by molar-refractivity contribution is 6.29. The van der Waals surface area contributed by atoms with Crippen LogP contribution in [0.3, 0.4) is 0 Å². The maximum Gasteiger partial charge on any atom is 0.226 e. The maximum absolute atomic E-state index is 5.67. The number of hydrogen-bond acceptors (Lipinski definition) is 2. The minimum Gasteiger partial charge on any atom is -0.344 e. The molecule has 3 heteroatoms. The van der Waals surface area contributed by atoms with Crippen LogP contribution >= 0.6 is 11.6 Å². The molecule has 0 bridgehead atoms. The molecule has 1 aromatic carbocycles. The Labute approximate surface area is 92.8 Å². The lowest BCUT2D eigenvalue weighted by atomic mass is 10.1. The second-order valence-corrected chi connectivity index (χ2v) is 4.29. The van der Waals surface area contributed by atoms with Gasteiger partial charge in [0.2, 0.25) is 5.22 Å². The molecule has 0 saturated heterocycles. The Morgan fingerprint density at radius 3 is 2.47 bits per heavy atom. The van der Waals surface area contributed by atoms with Gasteiger partial charge in [0.25, 0.3) is 0 Å². The molecule has 0 spiro atoms. The summed E-state index contributed by atoms with van der Waals surface area (Å²) in [7, 11) is 0. The smallest absolute Gasteiger partial charge is 0.226 e. The van der Waals surface area contributed by atoms with E-state index in [0.29, 0.717) is 5.22 Å². The Balaban J connectivity index is 1.92. The van der Waals surface area contributed by atoms with E-state index in [0.717, 1.165) is 17.2 Å². The van der Waals surface area contributed by atoms with E-state index in [1.54, 1.807) is 6.07 Å². The molecular weight excluding hydrogens is 210 g/mol. The van der Waals surface area contributed by atoms with E-state index in [-0.39, 0.29) is 0 Å². The van der Waals surface area contributed by atoms with Gasteiger partial charge in [-0.25, -0.2) is 0 Å². The van der Waals surface area contributed by atoms with Crippen molar-refractivity contribution in [2.75, 3.05) is 0 Å². The fraction of sp³-hybridized carbons (Fsp3) is 0.250. The second-order valence-electron chi connectivity index (χ2n) is 3.91. The lowest BCUT2D eigenvalue weighted by Crippen LogP contribution is -1.80. The van der Waals surface area contributed by atoms with Crippen LogP contribution in [0.5, 0.6) is 0 Å². The summed E-state index contributed by atoms with van der Waals surface area (Å²) in [6, 6.07) is 10.2. The van der Waals surface area contributed by atoms with Crippen LogP contribution in [0.15, 0.2) is 34.9 Å². The van der Waals surface area contributed by atoms with Gasteiger partial charge in [0.05, 0.1) is 0 Å². The third-order valence-corrected chi connectivity index (χ3v) is 2.91. The van der Waals surface area contributed by atoms with Gasteiger partial charge in [-0.1, -0.05) is 29.4 Å². The van der Waals surface area contributed by atoms with Gasteiger partial charge < -0.3 is 4.52 Å². The molecule has 2 nitrogen and oxygen atoms in total. The molecule has 3 rings (SSSR count). The van der Waals surface area contributed by atoms with Crippen molar-refractivity contribution in [2.45, 2.75) is 18.8 Å². The maximum atomic E-state index is 5.67. The molecular formula is C12H10ClNO. The zero-order valence-electron chi connectivity index (χ0n) is 8.11. The van der Waals surface area contributed by atoms with Crippen molar-refractivity contribution in [3.8, 4) is 11.3 Å². The predicted octanol–water partition coefficient (Wildman–Crippen LogP) is 3.87. The molecule has 1 aromatic heterocycles. The van der Waals surface area contributed by atoms with Gasteiger partial charge in [-0.2, -0.15) is 0 Å². The van der Waals surface area contributed by atoms with Crippen LogP contribution in [0.4, 0.5) is 0 Å². The van der Waals surface area contributed by atoms with E-state index in [2.05, 4.69) is 29.4 Å². The van der Waals surface area contributed by atoms with Crippen molar-refractivity contribution < 1.29 is 4.52 Å². The summed E-state index contributed by atoms with van der Waals surface area (Å²) in [4.78, 5) is 0. The van der Waals surface area contributed by atoms with E-state index in [1.165, 1.54) is 18.4 Å². The van der Waals surface area contributed by atoms with Crippen molar-refractivity contribution >= 4 is 11.6 Å². The van der Waals surface area contributed by atoms with Crippen LogP contribution < -0.4 is 0 Å². The van der Waals surface area contributed by atoms with Gasteiger partial charge in [-0.3, -0.25) is 0 Å². The van der Waals surface area contributed by atoms with E-state index in [9.17, 15) is 0 Å². The first-order valence-corrected chi connectivity index (χ1v) is 5.43. The Kier molecular flexibility index (Phi) is 2.03. The van der Waals surface area contributed by atoms with Crippen LogP contribution in [0, 0.1) is 0 Å². The quantitative estimate of drug-likeness (QED) is 0.766. The number of hydrogen-bond donors (Lipinski definition) is 0. The van der Waals surface area contributed by atoms with Crippen LogP contribution in [-0.4, -0.2) is 5.16 Å². The van der Waals surface area contributed by atoms with Crippen molar-refractivity contribution in [1.82, 2.24) is 5.16 Å². The van der Waals surface area contributed by atoms with E-state index < -0.39 is 0 Å². The van der Waals surface area contributed by atoms with Gasteiger partial charge in [-0.15, -0.1) is 0 Å². The van der Waals surface area contributed by atoms with Gasteiger partial charge in [-0.05, 0) is 35.9 Å². The first-order chi connectivity index (χ1) is 7.33. The van der Waals surface area contributed by atoms with Gasteiger partial charge >= 0.3 is 0 Å². The molecule has 1 aliphatic carbocycles. The molecule has 0 amide bonds. The fourth-order valence-electron chi connectivity index (χ4n) is 1.73. The number of aromatic nitrogens is 1. The second kappa shape index (κ2) is 3.38. The molecule has 1 saturated carbocycles. The lowest BCUT2D eigenvalue weighted by molar-refractivity contribution is 0.424. The van der Waals surface area contributed by atoms with Crippen molar-refractivity contribution in [1.29, 1.82) is 0 Å². The van der Waals surface area contributed by atoms with Crippen molar-refractivity contribution in [3.63, 3.8) is 0 Å². The number of benzene rings is 1. The molecule has 15 heavy (non-hydrogen) atoms. The van der Waals surface area contributed by atoms with Gasteiger partial charge in [0.15, 0.2) is 0 Å². The first-order valence-electron chi connectivity index (χ1n) is 5.05. The summed E-state index contributed by atoms with van der Waals surface area (Å²) in [5.41, 5.74) is 3.27. The topological polar surface area (TPSA) is 26.0 Å². The summed E-state index contributed by atoms with van der Waals surface area (Å²) >= 11 is 5.67. The average Bonchev–Trinajstić information content (AvgIpc) is 3.02. The zero-order chi connectivity index (χ0) is 10.3. The van der Waals surface area contributed by atoms with Crippen LogP contribution in [0.1, 0.15) is 24.3 Å². The summed E-state index contributed by atoms with van der Waals surface area (Å²) < 4.78 is 4.82. The van der Waals surface area contributed by atoms with Crippen molar-refractivity contribution in [3.05, 3.63) is 41.1 Å². The molecule has 2 aromatic rings. The summed E-state index contributed by atoms with van der Waals surface area (Å²) in [6.07, 6.45) is 2.66. The molecule has 1 aliphatic rings. The van der Waals surface area contributed by atoms with Gasteiger partial charge in [0, 0.05) is 11.6 Å². The Bertz CT molecular complexity index is 471. The third-order valence-electron chi connectivity index (χ3n) is 2.74. The Morgan fingerprint density at radius 1 is 1.20 bits per heavy atom. The fourth-order valence-corrected chi connectivity index (χ4v) is 1.87. The van der Waals surface area contributed by atoms with E-state index in [1.807, 2.05) is 0 Å². The number of nitrogens with zero attached hydrogens (tertiary/aromatic N) is 1. The van der Waals surface area contributed by atoms with Gasteiger partial charge in [0.1, 0.15) is 5.69 Å². The highest BCUT2D eigenvalue weighted by atomic mass is 35.5. The molecule has 0 atom stereocenters. The molecule has 76 valence electrons. The summed E-state index contributed by atoms with van der Waals surface area (Å²) in [5, 5.41) is 4.20. The van der Waals surface area contributed by atoms with Crippen molar-refractivity contribution in [2.24, 2.45) is 0 Å². The molecule has 0 unspecified atom stereocenters. The first kappa shape index (κ1) is 8.98. The standard InChI is InChI=1S/C12H10ClNO/c13-12-7-11(14-15-12)10-5-3-9(4-6-10)8-1-2-8/h3-8H,1-2H2. The van der Waals surface area contributed by atoms with Crippen LogP contribution in [0.25, 0.3) is 11.3 Å². The number of halogens is 1. The summed E-state index contributed by atoms with van der Waals surface area (Å²) in [5.74, 6) is 0.792. The number of rotatable bonds is 2. The zero-order valence-corrected chi connectivity index (χ0v) is 8.87. The van der Waals surface area contributed by atoms with E-state index >= 15 is 0 Å². The lowest BCUT2D eigenvalue weighted by Gasteiger charge is -1.99. The SMILES string of the molecule is Clc1cc(-c2ccc(C3CC3)cc2)no1. The minimum atomic E-state index is 0.330. The molecule has 0 radical (unpaired) electrons. The Morgan fingerprint density at radius 2 is 1.93 bits per heavy atom. The normalized spacial score (nSPS) is 15.5. The minimum absolute atomic E-state index is 0.330. The third kappa shape index (κ3) is 1.77. The largest absolute Gasteiger partial charge is 0.344 e. The highest BCUT2D eigenvalue weighted by Crippen LogP contribution is 2.40. The molecule has 1 fully saturated rings. The van der Waals surface area contributed by atoms with Crippen LogP contribution in [-0.2, 0) is 0 Å².